The molecule has 0 saturated heterocycles. The van der Waals surface area contributed by atoms with Crippen molar-refractivity contribution in [2.75, 3.05) is 44.0 Å². The van der Waals surface area contributed by atoms with E-state index in [9.17, 15) is 14.9 Å². The van der Waals surface area contributed by atoms with E-state index in [2.05, 4.69) is 10.2 Å². The molecule has 0 atom stereocenters. The lowest BCUT2D eigenvalue weighted by Gasteiger charge is -2.20. The predicted molar refractivity (Wildman–Crippen MR) is 104 cm³/mol. The van der Waals surface area contributed by atoms with Crippen LogP contribution in [0.2, 0.25) is 0 Å². The molecular formula is C19H24N4O3. The van der Waals surface area contributed by atoms with Crippen LogP contribution >= 0.6 is 0 Å². The van der Waals surface area contributed by atoms with Crippen LogP contribution in [-0.2, 0) is 0 Å². The Labute approximate surface area is 153 Å². The zero-order valence-electron chi connectivity index (χ0n) is 15.3. The number of para-hydroxylation sites is 1. The van der Waals surface area contributed by atoms with Gasteiger partial charge in [0.25, 0.3) is 11.6 Å². The van der Waals surface area contributed by atoms with Crippen molar-refractivity contribution in [3.05, 3.63) is 64.2 Å². The van der Waals surface area contributed by atoms with E-state index in [1.807, 2.05) is 37.4 Å². The lowest BCUT2D eigenvalue weighted by Crippen LogP contribution is -2.29. The summed E-state index contributed by atoms with van der Waals surface area (Å²) in [4.78, 5) is 26.9. The molecule has 0 aromatic heterocycles. The molecule has 0 bridgehead atoms. The van der Waals surface area contributed by atoms with Gasteiger partial charge in [-0.2, -0.15) is 0 Å². The van der Waals surface area contributed by atoms with E-state index in [1.165, 1.54) is 12.1 Å². The van der Waals surface area contributed by atoms with Gasteiger partial charge >= 0.3 is 0 Å². The van der Waals surface area contributed by atoms with E-state index in [-0.39, 0.29) is 11.6 Å². The summed E-state index contributed by atoms with van der Waals surface area (Å²) < 4.78 is 0. The fourth-order valence-electron chi connectivity index (χ4n) is 2.63. The second-order valence-electron chi connectivity index (χ2n) is 6.22. The van der Waals surface area contributed by atoms with Crippen molar-refractivity contribution >= 4 is 23.0 Å². The molecule has 2 aromatic carbocycles. The lowest BCUT2D eigenvalue weighted by molar-refractivity contribution is -0.384. The van der Waals surface area contributed by atoms with Crippen LogP contribution in [0.3, 0.4) is 0 Å². The molecule has 0 aliphatic rings. The Kier molecular flexibility index (Phi) is 6.54. The van der Waals surface area contributed by atoms with Crippen molar-refractivity contribution in [3.8, 4) is 0 Å². The molecule has 0 aliphatic carbocycles. The maximum atomic E-state index is 12.5. The van der Waals surface area contributed by atoms with Gasteiger partial charge in [0, 0.05) is 57.7 Å². The summed E-state index contributed by atoms with van der Waals surface area (Å²) in [6, 6.07) is 14.3. The summed E-state index contributed by atoms with van der Waals surface area (Å²) in [5.74, 6) is -0.306. The molecule has 0 heterocycles. The van der Waals surface area contributed by atoms with Crippen LogP contribution < -0.4 is 15.1 Å². The average Bonchev–Trinajstić information content (AvgIpc) is 2.64. The Bertz CT molecular complexity index is 763. The Morgan fingerprint density at radius 2 is 1.81 bits per heavy atom. The number of rotatable bonds is 8. The third kappa shape index (κ3) is 4.95. The topological polar surface area (TPSA) is 78.7 Å². The van der Waals surface area contributed by atoms with Gasteiger partial charge in [-0.15, -0.1) is 0 Å². The van der Waals surface area contributed by atoms with Crippen LogP contribution in [0.1, 0.15) is 16.8 Å². The smallest absolute Gasteiger partial charge is 0.270 e. The lowest BCUT2D eigenvalue weighted by atomic mass is 10.1. The molecule has 0 aliphatic heterocycles. The van der Waals surface area contributed by atoms with Crippen molar-refractivity contribution in [3.63, 3.8) is 0 Å². The fourth-order valence-corrected chi connectivity index (χ4v) is 2.63. The molecular weight excluding hydrogens is 332 g/mol. The fraction of sp³-hybridized carbons (Fsp3) is 0.316. The van der Waals surface area contributed by atoms with E-state index in [0.717, 1.165) is 18.7 Å². The SMILES string of the molecule is CN(C)c1ccc([N+](=O)[O-])cc1C(=O)NCCCN(C)c1ccccc1. The van der Waals surface area contributed by atoms with Gasteiger partial charge < -0.3 is 15.1 Å². The van der Waals surface area contributed by atoms with E-state index in [4.69, 9.17) is 0 Å². The number of amides is 1. The van der Waals surface area contributed by atoms with E-state index in [1.54, 1.807) is 25.1 Å². The first-order valence-electron chi connectivity index (χ1n) is 8.40. The number of nitro groups is 1. The molecule has 138 valence electrons. The zero-order valence-corrected chi connectivity index (χ0v) is 15.3. The second kappa shape index (κ2) is 8.84. The van der Waals surface area contributed by atoms with Crippen molar-refractivity contribution < 1.29 is 9.72 Å². The molecule has 2 rings (SSSR count). The van der Waals surface area contributed by atoms with Crippen LogP contribution in [0.25, 0.3) is 0 Å². The summed E-state index contributed by atoms with van der Waals surface area (Å²) in [6.45, 7) is 1.28. The van der Waals surface area contributed by atoms with Crippen LogP contribution in [0.5, 0.6) is 0 Å². The van der Waals surface area contributed by atoms with Crippen LogP contribution in [0.15, 0.2) is 48.5 Å². The zero-order chi connectivity index (χ0) is 19.1. The van der Waals surface area contributed by atoms with Crippen molar-refractivity contribution in [1.29, 1.82) is 0 Å². The minimum absolute atomic E-state index is 0.0930. The first-order valence-corrected chi connectivity index (χ1v) is 8.40. The number of non-ortho nitro benzene ring substituents is 1. The van der Waals surface area contributed by atoms with E-state index in [0.29, 0.717) is 17.8 Å². The van der Waals surface area contributed by atoms with Gasteiger partial charge in [-0.05, 0) is 24.6 Å². The van der Waals surface area contributed by atoms with Crippen molar-refractivity contribution in [2.24, 2.45) is 0 Å². The highest BCUT2D eigenvalue weighted by molar-refractivity contribution is 6.00. The minimum atomic E-state index is -0.495. The average molecular weight is 356 g/mol. The largest absolute Gasteiger partial charge is 0.377 e. The Morgan fingerprint density at radius 1 is 1.12 bits per heavy atom. The molecule has 7 nitrogen and oxygen atoms in total. The Hall–Kier alpha value is -3.09. The van der Waals surface area contributed by atoms with Crippen LogP contribution in [0, 0.1) is 10.1 Å². The summed E-state index contributed by atoms with van der Waals surface area (Å²) >= 11 is 0. The monoisotopic (exact) mass is 356 g/mol. The summed E-state index contributed by atoms with van der Waals surface area (Å²) in [7, 11) is 5.60. The van der Waals surface area contributed by atoms with Crippen molar-refractivity contribution in [2.45, 2.75) is 6.42 Å². The Balaban J connectivity index is 1.95. The van der Waals surface area contributed by atoms with Gasteiger partial charge in [-0.1, -0.05) is 18.2 Å². The number of carbonyl (C=O) groups is 1. The van der Waals surface area contributed by atoms with Gasteiger partial charge in [0.2, 0.25) is 0 Å². The summed E-state index contributed by atoms with van der Waals surface area (Å²) in [5.41, 5.74) is 1.98. The third-order valence-electron chi connectivity index (χ3n) is 4.07. The summed E-state index contributed by atoms with van der Waals surface area (Å²) in [6.07, 6.45) is 0.767. The third-order valence-corrected chi connectivity index (χ3v) is 4.07. The minimum Gasteiger partial charge on any atom is -0.377 e. The predicted octanol–water partition coefficient (Wildman–Crippen LogP) is 2.92. The second-order valence-corrected chi connectivity index (χ2v) is 6.22. The van der Waals surface area contributed by atoms with Crippen LogP contribution in [0.4, 0.5) is 17.1 Å². The highest BCUT2D eigenvalue weighted by Crippen LogP contribution is 2.24. The first kappa shape index (κ1) is 19.2. The number of carbonyl (C=O) groups excluding carboxylic acids is 1. The molecule has 0 spiro atoms. The molecule has 0 fully saturated rings. The molecule has 26 heavy (non-hydrogen) atoms. The van der Waals surface area contributed by atoms with Gasteiger partial charge in [0.1, 0.15) is 0 Å². The number of nitrogens with one attached hydrogen (secondary N) is 1. The number of nitrogens with zero attached hydrogens (tertiary/aromatic N) is 3. The van der Waals surface area contributed by atoms with E-state index >= 15 is 0 Å². The first-order chi connectivity index (χ1) is 12.4. The number of benzene rings is 2. The number of hydrogen-bond donors (Lipinski definition) is 1. The van der Waals surface area contributed by atoms with E-state index < -0.39 is 4.92 Å². The summed E-state index contributed by atoms with van der Waals surface area (Å²) in [5, 5.41) is 13.8. The number of hydrogen-bond acceptors (Lipinski definition) is 5. The molecule has 7 heteroatoms. The molecule has 2 aromatic rings. The molecule has 1 N–H and O–H groups in total. The maximum Gasteiger partial charge on any atom is 0.270 e. The normalized spacial score (nSPS) is 10.3. The van der Waals surface area contributed by atoms with Crippen molar-refractivity contribution in [1.82, 2.24) is 5.32 Å². The van der Waals surface area contributed by atoms with Crippen LogP contribution in [-0.4, -0.2) is 45.1 Å². The number of anilines is 2. The Morgan fingerprint density at radius 3 is 2.42 bits per heavy atom. The van der Waals surface area contributed by atoms with Gasteiger partial charge in [-0.3, -0.25) is 14.9 Å². The number of nitro benzene ring substituents is 1. The molecule has 1 amide bonds. The molecule has 0 saturated carbocycles. The molecule has 0 radical (unpaired) electrons. The molecule has 0 unspecified atom stereocenters. The standard InChI is InChI=1S/C19H24N4O3/c1-21(2)18-11-10-16(23(25)26)14-17(18)19(24)20-12-7-13-22(3)15-8-5-4-6-9-15/h4-6,8-11,14H,7,12-13H2,1-3H3,(H,20,24). The maximum absolute atomic E-state index is 12.5. The quantitative estimate of drug-likeness (QED) is 0.447. The van der Waals surface area contributed by atoms with Gasteiger partial charge in [0.15, 0.2) is 0 Å². The highest BCUT2D eigenvalue weighted by Gasteiger charge is 2.17. The van der Waals surface area contributed by atoms with Gasteiger partial charge in [-0.25, -0.2) is 0 Å². The highest BCUT2D eigenvalue weighted by atomic mass is 16.6. The van der Waals surface area contributed by atoms with Gasteiger partial charge in [0.05, 0.1) is 10.5 Å².